The van der Waals surface area contributed by atoms with E-state index in [9.17, 15) is 14.9 Å². The zero-order chi connectivity index (χ0) is 13.1. The summed E-state index contributed by atoms with van der Waals surface area (Å²) >= 11 is 0. The molecule has 2 rings (SSSR count). The molecule has 2 aromatic rings. The van der Waals surface area contributed by atoms with E-state index in [1.165, 1.54) is 23.1 Å². The Morgan fingerprint density at radius 1 is 1.39 bits per heavy atom. The Bertz CT molecular complexity index is 590. The largest absolute Gasteiger partial charge is 0.490 e. The van der Waals surface area contributed by atoms with Gasteiger partial charge in [-0.15, -0.1) is 0 Å². The molecule has 0 aliphatic carbocycles. The fraction of sp³-hybridized carbons (Fsp3) is 0.100. The normalized spacial score (nSPS) is 10.2. The summed E-state index contributed by atoms with van der Waals surface area (Å²) in [4.78, 5) is 23.9. The number of rotatable bonds is 4. The third-order valence-corrected chi connectivity index (χ3v) is 2.23. The predicted octanol–water partition coefficient (Wildman–Crippen LogP) is 0.933. The molecule has 0 saturated carbocycles. The molecule has 0 aliphatic rings. The van der Waals surface area contributed by atoms with Crippen molar-refractivity contribution >= 4 is 11.9 Å². The second-order valence-corrected chi connectivity index (χ2v) is 3.50. The van der Waals surface area contributed by atoms with Gasteiger partial charge >= 0.3 is 11.9 Å². The van der Waals surface area contributed by atoms with Crippen molar-refractivity contribution in [1.29, 1.82) is 0 Å². The van der Waals surface area contributed by atoms with E-state index in [0.717, 1.165) is 5.56 Å². The van der Waals surface area contributed by atoms with Gasteiger partial charge in [0, 0.05) is 5.10 Å². The molecule has 18 heavy (non-hydrogen) atoms. The molecule has 0 radical (unpaired) electrons. The van der Waals surface area contributed by atoms with Crippen LogP contribution in [0.5, 0.6) is 0 Å². The summed E-state index contributed by atoms with van der Waals surface area (Å²) in [5.74, 6) is -1.46. The van der Waals surface area contributed by atoms with E-state index in [2.05, 4.69) is 10.1 Å². The summed E-state index contributed by atoms with van der Waals surface area (Å²) in [7, 11) is 0. The smallest absolute Gasteiger partial charge is 0.478 e. The highest BCUT2D eigenvalue weighted by molar-refractivity contribution is 5.87. The standard InChI is InChI=1S/C10H8N4O4/c15-9(16)8-3-1-7(2-4-8)5-13-6-11-10(12-13)14(17)18/h1-4,6H,5H2,(H,15,16). The predicted molar refractivity (Wildman–Crippen MR) is 59.2 cm³/mol. The molecule has 0 spiro atoms. The van der Waals surface area contributed by atoms with Crippen molar-refractivity contribution in [3.05, 3.63) is 51.8 Å². The van der Waals surface area contributed by atoms with Gasteiger partial charge in [0.05, 0.1) is 12.1 Å². The number of carbonyl (C=O) groups is 1. The van der Waals surface area contributed by atoms with Gasteiger partial charge in [0.15, 0.2) is 0 Å². The summed E-state index contributed by atoms with van der Waals surface area (Å²) in [6.45, 7) is 0.292. The monoisotopic (exact) mass is 248 g/mol. The lowest BCUT2D eigenvalue weighted by Crippen LogP contribution is -2.02. The number of carboxylic acid groups (broad SMARTS) is 1. The van der Waals surface area contributed by atoms with Gasteiger partial charge in [-0.05, 0) is 22.6 Å². The van der Waals surface area contributed by atoms with Crippen LogP contribution in [0, 0.1) is 10.1 Å². The Balaban J connectivity index is 2.13. The molecule has 0 saturated heterocycles. The minimum absolute atomic E-state index is 0.184. The maximum Gasteiger partial charge on any atom is 0.490 e. The van der Waals surface area contributed by atoms with E-state index in [1.807, 2.05) is 0 Å². The van der Waals surface area contributed by atoms with Gasteiger partial charge in [0.2, 0.25) is 6.33 Å². The fourth-order valence-corrected chi connectivity index (χ4v) is 1.38. The van der Waals surface area contributed by atoms with Crippen molar-refractivity contribution in [3.8, 4) is 0 Å². The van der Waals surface area contributed by atoms with Crippen LogP contribution in [0.15, 0.2) is 30.6 Å². The lowest BCUT2D eigenvalue weighted by Gasteiger charge is -1.99. The first-order valence-electron chi connectivity index (χ1n) is 4.92. The number of aromatic carboxylic acids is 1. The van der Waals surface area contributed by atoms with Crippen LogP contribution in [0.2, 0.25) is 0 Å². The minimum Gasteiger partial charge on any atom is -0.478 e. The number of hydrogen-bond acceptors (Lipinski definition) is 5. The van der Waals surface area contributed by atoms with Gasteiger partial charge in [0.1, 0.15) is 0 Å². The summed E-state index contributed by atoms with van der Waals surface area (Å²) in [6.07, 6.45) is 1.25. The summed E-state index contributed by atoms with van der Waals surface area (Å²) < 4.78 is 1.31. The Morgan fingerprint density at radius 2 is 2.06 bits per heavy atom. The molecule has 0 amide bonds. The first-order chi connectivity index (χ1) is 8.56. The van der Waals surface area contributed by atoms with E-state index >= 15 is 0 Å². The van der Waals surface area contributed by atoms with Gasteiger partial charge in [-0.2, -0.15) is 4.68 Å². The number of nitrogens with zero attached hydrogens (tertiary/aromatic N) is 4. The van der Waals surface area contributed by atoms with E-state index in [4.69, 9.17) is 5.11 Å². The molecule has 1 N–H and O–H groups in total. The topological polar surface area (TPSA) is 111 Å². The van der Waals surface area contributed by atoms with Crippen molar-refractivity contribution in [2.75, 3.05) is 0 Å². The molecule has 92 valence electrons. The fourth-order valence-electron chi connectivity index (χ4n) is 1.38. The van der Waals surface area contributed by atoms with Gasteiger partial charge in [-0.3, -0.25) is 0 Å². The molecule has 0 fully saturated rings. The van der Waals surface area contributed by atoms with Gasteiger partial charge < -0.3 is 15.2 Å². The molecule has 8 nitrogen and oxygen atoms in total. The summed E-state index contributed by atoms with van der Waals surface area (Å²) in [5.41, 5.74) is 0.961. The highest BCUT2D eigenvalue weighted by atomic mass is 16.6. The van der Waals surface area contributed by atoms with Gasteiger partial charge in [-0.25, -0.2) is 4.79 Å². The maximum atomic E-state index is 10.6. The van der Waals surface area contributed by atoms with E-state index in [0.29, 0.717) is 6.54 Å². The Kier molecular flexibility index (Phi) is 3.00. The van der Waals surface area contributed by atoms with Crippen LogP contribution >= 0.6 is 0 Å². The third-order valence-electron chi connectivity index (χ3n) is 2.23. The molecule has 1 aromatic heterocycles. The SMILES string of the molecule is O=C(O)c1ccc(Cn2cnc([N+](=O)[O-])n2)cc1. The Hall–Kier alpha value is -2.77. The average molecular weight is 248 g/mol. The van der Waals surface area contributed by atoms with E-state index < -0.39 is 16.8 Å². The van der Waals surface area contributed by atoms with Crippen LogP contribution in [0.3, 0.4) is 0 Å². The molecular formula is C10H8N4O4. The van der Waals surface area contributed by atoms with E-state index in [1.54, 1.807) is 12.1 Å². The third kappa shape index (κ3) is 2.48. The lowest BCUT2D eigenvalue weighted by atomic mass is 10.1. The number of carboxylic acids is 1. The number of benzene rings is 1. The average Bonchev–Trinajstić information content (AvgIpc) is 2.78. The molecule has 0 atom stereocenters. The van der Waals surface area contributed by atoms with Crippen molar-refractivity contribution in [3.63, 3.8) is 0 Å². The van der Waals surface area contributed by atoms with Crippen LogP contribution in [-0.2, 0) is 6.54 Å². The van der Waals surface area contributed by atoms with Crippen LogP contribution in [0.4, 0.5) is 5.95 Å². The zero-order valence-electron chi connectivity index (χ0n) is 9.05. The number of aromatic nitrogens is 3. The van der Waals surface area contributed by atoms with Crippen molar-refractivity contribution < 1.29 is 14.8 Å². The second-order valence-electron chi connectivity index (χ2n) is 3.50. The van der Waals surface area contributed by atoms with Gasteiger partial charge in [-0.1, -0.05) is 17.1 Å². The quantitative estimate of drug-likeness (QED) is 0.636. The lowest BCUT2D eigenvalue weighted by molar-refractivity contribution is -0.394. The number of nitro groups is 1. The van der Waals surface area contributed by atoms with Crippen LogP contribution < -0.4 is 0 Å². The summed E-state index contributed by atoms with van der Waals surface area (Å²) in [6, 6.07) is 6.17. The molecule has 0 unspecified atom stereocenters. The Labute approximate surface area is 101 Å². The van der Waals surface area contributed by atoms with Gasteiger partial charge in [0.25, 0.3) is 0 Å². The van der Waals surface area contributed by atoms with Crippen molar-refractivity contribution in [2.24, 2.45) is 0 Å². The van der Waals surface area contributed by atoms with E-state index in [-0.39, 0.29) is 5.56 Å². The molecular weight excluding hydrogens is 240 g/mol. The molecule has 8 heteroatoms. The second kappa shape index (κ2) is 4.62. The molecule has 1 aromatic carbocycles. The first-order valence-corrected chi connectivity index (χ1v) is 4.92. The van der Waals surface area contributed by atoms with Crippen LogP contribution in [0.25, 0.3) is 0 Å². The summed E-state index contributed by atoms with van der Waals surface area (Å²) in [5, 5.41) is 22.8. The van der Waals surface area contributed by atoms with Crippen molar-refractivity contribution in [2.45, 2.75) is 6.54 Å². The maximum absolute atomic E-state index is 10.6. The number of hydrogen-bond donors (Lipinski definition) is 1. The first kappa shape index (κ1) is 11.7. The highest BCUT2D eigenvalue weighted by Gasteiger charge is 2.13. The zero-order valence-corrected chi connectivity index (χ0v) is 9.05. The Morgan fingerprint density at radius 3 is 2.56 bits per heavy atom. The van der Waals surface area contributed by atoms with Crippen LogP contribution in [0.1, 0.15) is 15.9 Å². The van der Waals surface area contributed by atoms with Crippen LogP contribution in [-0.4, -0.2) is 30.8 Å². The molecule has 0 aliphatic heterocycles. The molecule has 0 bridgehead atoms. The van der Waals surface area contributed by atoms with Crippen molar-refractivity contribution in [1.82, 2.24) is 14.8 Å². The minimum atomic E-state index is -1.00. The molecule has 1 heterocycles. The highest BCUT2D eigenvalue weighted by Crippen LogP contribution is 2.07.